The van der Waals surface area contributed by atoms with Crippen LogP contribution in [0.3, 0.4) is 0 Å². The fourth-order valence-electron chi connectivity index (χ4n) is 1.80. The molecule has 108 valence electrons. The highest BCUT2D eigenvalue weighted by Gasteiger charge is 2.20. The summed E-state index contributed by atoms with van der Waals surface area (Å²) in [5.74, 6) is 0.559. The summed E-state index contributed by atoms with van der Waals surface area (Å²) < 4.78 is 28.7. The molecular formula is C11H13ClN4O3S. The first-order valence-corrected chi connectivity index (χ1v) is 8.00. The van der Waals surface area contributed by atoms with Crippen molar-refractivity contribution >= 4 is 19.7 Å². The number of rotatable bonds is 4. The molecule has 0 N–H and O–H groups in total. The van der Waals surface area contributed by atoms with E-state index < -0.39 is 9.05 Å². The molecule has 0 spiro atoms. The van der Waals surface area contributed by atoms with Crippen molar-refractivity contribution in [1.82, 2.24) is 20.2 Å². The van der Waals surface area contributed by atoms with Crippen LogP contribution in [0, 0.1) is 13.8 Å². The van der Waals surface area contributed by atoms with Gasteiger partial charge in [0, 0.05) is 10.7 Å². The van der Waals surface area contributed by atoms with Gasteiger partial charge >= 0.3 is 0 Å². The molecule has 0 aliphatic carbocycles. The normalized spacial score (nSPS) is 11.6. The van der Waals surface area contributed by atoms with Crippen LogP contribution in [0.25, 0.3) is 0 Å². The van der Waals surface area contributed by atoms with E-state index >= 15 is 0 Å². The molecule has 1 aromatic carbocycles. The summed E-state index contributed by atoms with van der Waals surface area (Å²) in [5.41, 5.74) is 1.46. The number of nitrogens with zero attached hydrogens (tertiary/aromatic N) is 4. The first-order chi connectivity index (χ1) is 9.27. The van der Waals surface area contributed by atoms with Crippen molar-refractivity contribution in [3.05, 3.63) is 29.1 Å². The Hall–Kier alpha value is -1.67. The van der Waals surface area contributed by atoms with Gasteiger partial charge in [-0.2, -0.15) is 4.80 Å². The molecule has 2 rings (SSSR count). The maximum atomic E-state index is 11.6. The van der Waals surface area contributed by atoms with Crippen molar-refractivity contribution < 1.29 is 13.2 Å². The molecule has 0 unspecified atom stereocenters. The lowest BCUT2D eigenvalue weighted by Crippen LogP contribution is -2.05. The fraction of sp³-hybridized carbons (Fsp3) is 0.364. The lowest BCUT2D eigenvalue weighted by atomic mass is 10.1. The van der Waals surface area contributed by atoms with Gasteiger partial charge in [0.25, 0.3) is 9.05 Å². The van der Waals surface area contributed by atoms with E-state index in [1.54, 1.807) is 20.9 Å². The summed E-state index contributed by atoms with van der Waals surface area (Å²) in [6.45, 7) is 3.54. The number of tetrazole rings is 1. The zero-order chi connectivity index (χ0) is 14.9. The third-order valence-corrected chi connectivity index (χ3v) is 3.87. The number of aromatic nitrogens is 4. The van der Waals surface area contributed by atoms with Gasteiger partial charge in [-0.1, -0.05) is 6.07 Å². The molecule has 20 heavy (non-hydrogen) atoms. The van der Waals surface area contributed by atoms with Crippen molar-refractivity contribution in [3.63, 3.8) is 0 Å². The van der Waals surface area contributed by atoms with Crippen molar-refractivity contribution in [2.45, 2.75) is 25.3 Å². The van der Waals surface area contributed by atoms with Gasteiger partial charge in [-0.3, -0.25) is 0 Å². The Balaban J connectivity index is 2.35. The third-order valence-electron chi connectivity index (χ3n) is 2.54. The summed E-state index contributed by atoms with van der Waals surface area (Å²) >= 11 is 0. The number of hydrogen-bond donors (Lipinski definition) is 0. The monoisotopic (exact) mass is 316 g/mol. The van der Waals surface area contributed by atoms with E-state index in [0.29, 0.717) is 11.4 Å². The van der Waals surface area contributed by atoms with Gasteiger partial charge in [-0.15, -0.1) is 10.2 Å². The van der Waals surface area contributed by atoms with Crippen LogP contribution in [-0.4, -0.2) is 28.6 Å². The first-order valence-electron chi connectivity index (χ1n) is 5.69. The van der Waals surface area contributed by atoms with Crippen LogP contribution in [-0.2, 0) is 22.7 Å². The van der Waals surface area contributed by atoms with Crippen molar-refractivity contribution in [3.8, 4) is 5.75 Å². The third kappa shape index (κ3) is 3.26. The largest absolute Gasteiger partial charge is 0.484 e. The molecule has 0 fully saturated rings. The summed E-state index contributed by atoms with van der Waals surface area (Å²) in [7, 11) is 3.17. The topological polar surface area (TPSA) is 87.0 Å². The molecular weight excluding hydrogens is 304 g/mol. The molecule has 1 heterocycles. The molecule has 0 aliphatic heterocycles. The van der Waals surface area contributed by atoms with E-state index in [-0.39, 0.29) is 17.3 Å². The zero-order valence-electron chi connectivity index (χ0n) is 11.2. The number of halogens is 1. The van der Waals surface area contributed by atoms with Gasteiger partial charge in [0.15, 0.2) is 6.61 Å². The van der Waals surface area contributed by atoms with Gasteiger partial charge in [0.1, 0.15) is 10.6 Å². The van der Waals surface area contributed by atoms with Crippen LogP contribution in [0.15, 0.2) is 17.0 Å². The molecule has 0 saturated heterocycles. The van der Waals surface area contributed by atoms with Crippen molar-refractivity contribution in [2.24, 2.45) is 7.05 Å². The molecule has 0 bridgehead atoms. The van der Waals surface area contributed by atoms with Crippen molar-refractivity contribution in [2.75, 3.05) is 0 Å². The van der Waals surface area contributed by atoms with E-state index in [9.17, 15) is 8.42 Å². The minimum absolute atomic E-state index is 0.0111. The molecule has 1 aromatic heterocycles. The maximum absolute atomic E-state index is 11.6. The highest BCUT2D eigenvalue weighted by atomic mass is 35.7. The van der Waals surface area contributed by atoms with E-state index in [2.05, 4.69) is 15.4 Å². The first kappa shape index (κ1) is 14.7. The van der Waals surface area contributed by atoms with Crippen LogP contribution in [0.5, 0.6) is 5.75 Å². The number of aryl methyl sites for hydroxylation is 3. The second-order valence-corrected chi connectivity index (χ2v) is 6.87. The van der Waals surface area contributed by atoms with Crippen LogP contribution < -0.4 is 4.74 Å². The second-order valence-electron chi connectivity index (χ2n) is 4.33. The average molecular weight is 317 g/mol. The van der Waals surface area contributed by atoms with E-state index in [1.165, 1.54) is 10.9 Å². The molecule has 9 heteroatoms. The summed E-state index contributed by atoms with van der Waals surface area (Å²) in [6.07, 6.45) is 0. The van der Waals surface area contributed by atoms with E-state index in [1.807, 2.05) is 6.07 Å². The van der Waals surface area contributed by atoms with Gasteiger partial charge in [-0.05, 0) is 36.3 Å². The molecule has 0 aliphatic rings. The smallest absolute Gasteiger partial charge is 0.265 e. The predicted molar refractivity (Wildman–Crippen MR) is 72.1 cm³/mol. The van der Waals surface area contributed by atoms with E-state index in [0.717, 1.165) is 5.56 Å². The highest BCUT2D eigenvalue weighted by molar-refractivity contribution is 8.13. The van der Waals surface area contributed by atoms with Gasteiger partial charge < -0.3 is 4.74 Å². The van der Waals surface area contributed by atoms with Gasteiger partial charge in [0.05, 0.1) is 7.05 Å². The molecule has 7 nitrogen and oxygen atoms in total. The highest BCUT2D eigenvalue weighted by Crippen LogP contribution is 2.32. The van der Waals surface area contributed by atoms with E-state index in [4.69, 9.17) is 15.4 Å². The van der Waals surface area contributed by atoms with Crippen LogP contribution in [0.4, 0.5) is 0 Å². The predicted octanol–water partition coefficient (Wildman–Crippen LogP) is 1.33. The molecule has 0 saturated carbocycles. The lowest BCUT2D eigenvalue weighted by Gasteiger charge is -2.12. The molecule has 0 amide bonds. The Morgan fingerprint density at radius 3 is 2.60 bits per heavy atom. The van der Waals surface area contributed by atoms with Crippen molar-refractivity contribution in [1.29, 1.82) is 0 Å². The summed E-state index contributed by atoms with van der Waals surface area (Å²) in [5, 5.41) is 11.4. The Morgan fingerprint density at radius 1 is 1.35 bits per heavy atom. The number of hydrogen-bond acceptors (Lipinski definition) is 6. The molecule has 0 atom stereocenters. The average Bonchev–Trinajstić information content (AvgIpc) is 2.72. The number of ether oxygens (including phenoxy) is 1. The van der Waals surface area contributed by atoms with Gasteiger partial charge in [0.2, 0.25) is 5.82 Å². The quantitative estimate of drug-likeness (QED) is 0.791. The summed E-state index contributed by atoms with van der Waals surface area (Å²) in [4.78, 5) is 1.24. The van der Waals surface area contributed by atoms with Crippen LogP contribution >= 0.6 is 10.7 Å². The second kappa shape index (κ2) is 5.37. The van der Waals surface area contributed by atoms with Crippen LogP contribution in [0.1, 0.15) is 17.0 Å². The Labute approximate surface area is 120 Å². The SMILES string of the molecule is Cc1cc(C)c(OCc2nnn(C)n2)c(S(=O)(=O)Cl)c1. The van der Waals surface area contributed by atoms with Gasteiger partial charge in [-0.25, -0.2) is 8.42 Å². The van der Waals surface area contributed by atoms with Crippen LogP contribution in [0.2, 0.25) is 0 Å². The minimum Gasteiger partial charge on any atom is -0.484 e. The molecule has 0 radical (unpaired) electrons. The minimum atomic E-state index is -3.89. The fourth-order valence-corrected chi connectivity index (χ4v) is 2.91. The Bertz CT molecular complexity index is 742. The Morgan fingerprint density at radius 2 is 2.05 bits per heavy atom. The lowest BCUT2D eigenvalue weighted by molar-refractivity contribution is 0.285. The number of benzene rings is 1. The maximum Gasteiger partial charge on any atom is 0.265 e. The standard InChI is InChI=1S/C11H13ClN4O3S/c1-7-4-8(2)11(9(5-7)20(12,17)18)19-6-10-13-15-16(3)14-10/h4-5H,6H2,1-3H3. The molecule has 2 aromatic rings. The zero-order valence-corrected chi connectivity index (χ0v) is 12.7. The Kier molecular flexibility index (Phi) is 3.96. The summed E-state index contributed by atoms with van der Waals surface area (Å²) in [6, 6.07) is 3.28.